The Morgan fingerprint density at radius 3 is 1.45 bits per heavy atom. The second-order valence-corrected chi connectivity index (χ2v) is 14.2. The summed E-state index contributed by atoms with van der Waals surface area (Å²) in [5.41, 5.74) is 12.7. The predicted octanol–water partition coefficient (Wildman–Crippen LogP) is 12.6. The van der Waals surface area contributed by atoms with Gasteiger partial charge in [0.25, 0.3) is 0 Å². The molecule has 0 atom stereocenters. The molecule has 256 valence electrons. The highest BCUT2D eigenvalue weighted by molar-refractivity contribution is 6.29. The van der Waals surface area contributed by atoms with Gasteiger partial charge in [-0.3, -0.25) is 4.57 Å². The molecule has 5 heteroatoms. The second-order valence-electron chi connectivity index (χ2n) is 14.2. The van der Waals surface area contributed by atoms with Crippen molar-refractivity contribution in [3.05, 3.63) is 188 Å². The number of para-hydroxylation sites is 6. The number of fused-ring (bicyclic) bond motifs is 11. The Labute approximate surface area is 315 Å². The summed E-state index contributed by atoms with van der Waals surface area (Å²) in [5.74, 6) is 0.811. The molecule has 0 spiro atoms. The third kappa shape index (κ3) is 4.29. The number of hydrogen-bond acceptors (Lipinski definition) is 2. The molecule has 4 heterocycles. The third-order valence-electron chi connectivity index (χ3n) is 11.2. The van der Waals surface area contributed by atoms with Gasteiger partial charge in [-0.2, -0.15) is 0 Å². The summed E-state index contributed by atoms with van der Waals surface area (Å²) in [6.07, 6.45) is 0. The van der Waals surface area contributed by atoms with E-state index in [0.717, 1.165) is 50.5 Å². The lowest BCUT2D eigenvalue weighted by molar-refractivity contribution is 1.08. The Morgan fingerprint density at radius 2 is 0.800 bits per heavy atom. The summed E-state index contributed by atoms with van der Waals surface area (Å²) in [6, 6.07) is 67.0. The fourth-order valence-corrected chi connectivity index (χ4v) is 8.91. The van der Waals surface area contributed by atoms with E-state index in [1.807, 2.05) is 30.3 Å². The Bertz CT molecular complexity index is 3480. The van der Waals surface area contributed by atoms with Gasteiger partial charge in [0.2, 0.25) is 0 Å². The minimum atomic E-state index is 0.811. The van der Waals surface area contributed by atoms with Crippen LogP contribution in [0.2, 0.25) is 0 Å². The lowest BCUT2D eigenvalue weighted by Crippen LogP contribution is -2.04. The summed E-state index contributed by atoms with van der Waals surface area (Å²) in [7, 11) is 0. The van der Waals surface area contributed by atoms with Crippen LogP contribution in [-0.2, 0) is 0 Å². The first-order chi connectivity index (χ1) is 27.3. The van der Waals surface area contributed by atoms with E-state index >= 15 is 0 Å². The number of nitrogens with zero attached hydrogens (tertiary/aromatic N) is 5. The number of benzene rings is 8. The lowest BCUT2D eigenvalue weighted by atomic mass is 10.1. The molecule has 0 N–H and O–H groups in total. The zero-order chi connectivity index (χ0) is 36.0. The molecule has 8 aromatic carbocycles. The molecule has 4 aromatic heterocycles. The van der Waals surface area contributed by atoms with Crippen LogP contribution < -0.4 is 0 Å². The summed E-state index contributed by atoms with van der Waals surface area (Å²) in [5, 5.41) is 7.34. The van der Waals surface area contributed by atoms with E-state index in [-0.39, 0.29) is 0 Å². The van der Waals surface area contributed by atoms with Gasteiger partial charge in [0.05, 0.1) is 44.1 Å². The van der Waals surface area contributed by atoms with E-state index in [1.54, 1.807) is 0 Å². The Balaban J connectivity index is 1.19. The molecular formula is C50H31N5. The number of rotatable bonds is 4. The van der Waals surface area contributed by atoms with Crippen LogP contribution in [0.1, 0.15) is 0 Å². The monoisotopic (exact) mass is 701 g/mol. The average molecular weight is 702 g/mol. The zero-order valence-corrected chi connectivity index (χ0v) is 29.6. The SMILES string of the molecule is c1ccc(-c2nc3ccccc3nc2-n2c3ccccc3c3ccc(-n4c5ccccc5c5c6c7ccccc7n(-c7ccccc7)c6ccc54)cc32)cc1. The van der Waals surface area contributed by atoms with Crippen LogP contribution >= 0.6 is 0 Å². The van der Waals surface area contributed by atoms with Crippen LogP contribution in [0, 0.1) is 0 Å². The molecule has 0 aliphatic carbocycles. The average Bonchev–Trinajstić information content (AvgIpc) is 3.89. The smallest absolute Gasteiger partial charge is 0.165 e. The Kier molecular flexibility index (Phi) is 6.27. The maximum Gasteiger partial charge on any atom is 0.165 e. The molecule has 0 aliphatic rings. The maximum absolute atomic E-state index is 5.37. The van der Waals surface area contributed by atoms with Crippen molar-refractivity contribution in [1.29, 1.82) is 0 Å². The van der Waals surface area contributed by atoms with Crippen molar-refractivity contribution in [2.45, 2.75) is 0 Å². The molecule has 55 heavy (non-hydrogen) atoms. The maximum atomic E-state index is 5.37. The first kappa shape index (κ1) is 30.0. The van der Waals surface area contributed by atoms with E-state index < -0.39 is 0 Å². The molecule has 0 amide bonds. The normalized spacial score (nSPS) is 12.0. The van der Waals surface area contributed by atoms with E-state index in [9.17, 15) is 0 Å². The van der Waals surface area contributed by atoms with Crippen molar-refractivity contribution < 1.29 is 0 Å². The van der Waals surface area contributed by atoms with Crippen LogP contribution in [-0.4, -0.2) is 23.7 Å². The van der Waals surface area contributed by atoms with E-state index in [2.05, 4.69) is 171 Å². The number of hydrogen-bond donors (Lipinski definition) is 0. The van der Waals surface area contributed by atoms with Gasteiger partial charge in [-0.15, -0.1) is 0 Å². The van der Waals surface area contributed by atoms with Crippen LogP contribution in [0.25, 0.3) is 105 Å². The topological polar surface area (TPSA) is 40.6 Å². The third-order valence-corrected chi connectivity index (χ3v) is 11.2. The van der Waals surface area contributed by atoms with Gasteiger partial charge in [0.15, 0.2) is 5.82 Å². The first-order valence-electron chi connectivity index (χ1n) is 18.7. The quantitative estimate of drug-likeness (QED) is 0.183. The Morgan fingerprint density at radius 1 is 0.309 bits per heavy atom. The largest absolute Gasteiger partial charge is 0.309 e. The minimum Gasteiger partial charge on any atom is -0.309 e. The van der Waals surface area contributed by atoms with E-state index in [4.69, 9.17) is 9.97 Å². The van der Waals surface area contributed by atoms with Crippen molar-refractivity contribution >= 4 is 76.5 Å². The lowest BCUT2D eigenvalue weighted by Gasteiger charge is -2.14. The molecule has 0 aliphatic heterocycles. The molecule has 0 fully saturated rings. The standard InChI is InChI=1S/C50H31N5/c1-3-15-32(16-4-1)49-50(52-40-23-11-10-22-39(40)51-49)55-41-24-12-7-19-35(41)36-28-27-34(31-46(36)55)54-43-26-14-9-21-38(43)48-45(54)30-29-44-47(48)37-20-8-13-25-42(37)53(44)33-17-5-2-6-18-33/h1-31H. The van der Waals surface area contributed by atoms with Crippen LogP contribution in [0.15, 0.2) is 188 Å². The number of aromatic nitrogens is 5. The highest BCUT2D eigenvalue weighted by Crippen LogP contribution is 2.43. The minimum absolute atomic E-state index is 0.811. The van der Waals surface area contributed by atoms with Crippen LogP contribution in [0.5, 0.6) is 0 Å². The molecule has 0 unspecified atom stereocenters. The van der Waals surface area contributed by atoms with Gasteiger partial charge in [-0.05, 0) is 66.7 Å². The van der Waals surface area contributed by atoms with Gasteiger partial charge in [-0.1, -0.05) is 121 Å². The van der Waals surface area contributed by atoms with Crippen molar-refractivity contribution in [3.8, 4) is 28.5 Å². The molecule has 5 nitrogen and oxygen atoms in total. The zero-order valence-electron chi connectivity index (χ0n) is 29.6. The van der Waals surface area contributed by atoms with Crippen LogP contribution in [0.4, 0.5) is 0 Å². The molecule has 12 rings (SSSR count). The highest BCUT2D eigenvalue weighted by atomic mass is 15.1. The predicted molar refractivity (Wildman–Crippen MR) is 228 cm³/mol. The molecule has 0 saturated carbocycles. The fraction of sp³-hybridized carbons (Fsp3) is 0. The molecular weight excluding hydrogens is 671 g/mol. The summed E-state index contributed by atoms with van der Waals surface area (Å²) in [6.45, 7) is 0. The molecule has 12 aromatic rings. The highest BCUT2D eigenvalue weighted by Gasteiger charge is 2.23. The molecule has 0 bridgehead atoms. The van der Waals surface area contributed by atoms with E-state index in [0.29, 0.717) is 0 Å². The molecule has 0 saturated heterocycles. The second kappa shape index (κ2) is 11.5. The van der Waals surface area contributed by atoms with Gasteiger partial charge in [-0.25, -0.2) is 9.97 Å². The van der Waals surface area contributed by atoms with Gasteiger partial charge in [0, 0.05) is 49.3 Å². The summed E-state index contributed by atoms with van der Waals surface area (Å²) in [4.78, 5) is 10.6. The van der Waals surface area contributed by atoms with Crippen LogP contribution in [0.3, 0.4) is 0 Å². The fourth-order valence-electron chi connectivity index (χ4n) is 8.91. The summed E-state index contributed by atoms with van der Waals surface area (Å²) >= 11 is 0. The van der Waals surface area contributed by atoms with Crippen molar-refractivity contribution in [1.82, 2.24) is 23.7 Å². The van der Waals surface area contributed by atoms with Crippen molar-refractivity contribution in [3.63, 3.8) is 0 Å². The van der Waals surface area contributed by atoms with Crippen molar-refractivity contribution in [2.24, 2.45) is 0 Å². The first-order valence-corrected chi connectivity index (χ1v) is 18.7. The molecule has 0 radical (unpaired) electrons. The summed E-state index contributed by atoms with van der Waals surface area (Å²) < 4.78 is 7.15. The van der Waals surface area contributed by atoms with Gasteiger partial charge in [0.1, 0.15) is 5.69 Å². The van der Waals surface area contributed by atoms with Gasteiger partial charge >= 0.3 is 0 Å². The van der Waals surface area contributed by atoms with Crippen molar-refractivity contribution in [2.75, 3.05) is 0 Å². The van der Waals surface area contributed by atoms with E-state index in [1.165, 1.54) is 54.4 Å². The Hall–Kier alpha value is -7.50. The van der Waals surface area contributed by atoms with Gasteiger partial charge < -0.3 is 9.13 Å².